The lowest BCUT2D eigenvalue weighted by molar-refractivity contribution is 0.239. The first-order chi connectivity index (χ1) is 9.70. The zero-order valence-electron chi connectivity index (χ0n) is 12.2. The molecule has 1 aromatic rings. The van der Waals surface area contributed by atoms with Gasteiger partial charge in [-0.3, -0.25) is 4.90 Å². The van der Waals surface area contributed by atoms with Crippen molar-refractivity contribution in [2.24, 2.45) is 5.92 Å². The molecule has 1 aromatic carbocycles. The smallest absolute Gasteiger partial charge is 0.146 e. The van der Waals surface area contributed by atoms with Gasteiger partial charge in [0, 0.05) is 32.1 Å². The van der Waals surface area contributed by atoms with E-state index in [9.17, 15) is 4.39 Å². The van der Waals surface area contributed by atoms with E-state index in [1.807, 2.05) is 12.1 Å². The van der Waals surface area contributed by atoms with E-state index in [2.05, 4.69) is 16.7 Å². The van der Waals surface area contributed by atoms with Gasteiger partial charge in [0.1, 0.15) is 5.82 Å². The minimum Gasteiger partial charge on any atom is -0.367 e. The van der Waals surface area contributed by atoms with Crippen LogP contribution in [0.2, 0.25) is 0 Å². The van der Waals surface area contributed by atoms with Crippen LogP contribution in [0.1, 0.15) is 19.8 Å². The lowest BCUT2D eigenvalue weighted by Gasteiger charge is -2.36. The van der Waals surface area contributed by atoms with Crippen LogP contribution in [-0.2, 0) is 0 Å². The number of benzene rings is 1. The number of hydrogen-bond donors (Lipinski definition) is 0. The van der Waals surface area contributed by atoms with E-state index < -0.39 is 0 Å². The highest BCUT2D eigenvalue weighted by Crippen LogP contribution is 2.20. The van der Waals surface area contributed by atoms with E-state index in [1.54, 1.807) is 6.07 Å². The van der Waals surface area contributed by atoms with Crippen LogP contribution in [0.5, 0.6) is 0 Å². The minimum atomic E-state index is -0.114. The maximum Gasteiger partial charge on any atom is 0.146 e. The average Bonchev–Trinajstić information content (AvgIpc) is 2.47. The maximum absolute atomic E-state index is 13.7. The summed E-state index contributed by atoms with van der Waals surface area (Å²) in [5.74, 6) is 1.33. The van der Waals surface area contributed by atoms with Gasteiger partial charge in [0.05, 0.1) is 5.69 Å². The standard InChI is InChI=1S/C16H24ClFN2/c1-14(6-8-17)7-9-19-10-12-20(13-11-19)16-5-3-2-4-15(16)18/h2-5,14H,6-13H2,1H3. The first kappa shape index (κ1) is 15.6. The molecule has 0 amide bonds. The molecule has 1 atom stereocenters. The Morgan fingerprint density at radius 1 is 1.15 bits per heavy atom. The molecule has 2 rings (SSSR count). The van der Waals surface area contributed by atoms with Crippen LogP contribution in [0, 0.1) is 11.7 Å². The van der Waals surface area contributed by atoms with Gasteiger partial charge in [-0.25, -0.2) is 4.39 Å². The molecule has 0 radical (unpaired) electrons. The molecule has 1 aliphatic heterocycles. The summed E-state index contributed by atoms with van der Waals surface area (Å²) < 4.78 is 13.7. The van der Waals surface area contributed by atoms with Gasteiger partial charge >= 0.3 is 0 Å². The molecular formula is C16H24ClFN2. The molecule has 1 heterocycles. The number of anilines is 1. The van der Waals surface area contributed by atoms with Gasteiger partial charge in [0.25, 0.3) is 0 Å². The Balaban J connectivity index is 1.77. The molecule has 1 aliphatic rings. The monoisotopic (exact) mass is 298 g/mol. The van der Waals surface area contributed by atoms with E-state index in [-0.39, 0.29) is 5.82 Å². The molecule has 1 saturated heterocycles. The van der Waals surface area contributed by atoms with Gasteiger partial charge in [0.2, 0.25) is 0 Å². The van der Waals surface area contributed by atoms with Gasteiger partial charge in [0.15, 0.2) is 0 Å². The maximum atomic E-state index is 13.7. The molecule has 1 fully saturated rings. The highest BCUT2D eigenvalue weighted by atomic mass is 35.5. The number of rotatable bonds is 6. The number of nitrogens with zero attached hydrogens (tertiary/aromatic N) is 2. The third kappa shape index (κ3) is 4.35. The van der Waals surface area contributed by atoms with Crippen LogP contribution in [0.4, 0.5) is 10.1 Å². The van der Waals surface area contributed by atoms with Gasteiger partial charge in [-0.1, -0.05) is 19.1 Å². The molecular weight excluding hydrogens is 275 g/mol. The van der Waals surface area contributed by atoms with Gasteiger partial charge in [-0.05, 0) is 37.4 Å². The Kier molecular flexibility index (Phi) is 6.11. The Morgan fingerprint density at radius 2 is 1.85 bits per heavy atom. The van der Waals surface area contributed by atoms with Crippen molar-refractivity contribution in [2.75, 3.05) is 43.5 Å². The lowest BCUT2D eigenvalue weighted by Crippen LogP contribution is -2.47. The highest BCUT2D eigenvalue weighted by Gasteiger charge is 2.19. The van der Waals surface area contributed by atoms with Crippen LogP contribution in [0.15, 0.2) is 24.3 Å². The Morgan fingerprint density at radius 3 is 2.50 bits per heavy atom. The van der Waals surface area contributed by atoms with Crippen LogP contribution in [0.25, 0.3) is 0 Å². The lowest BCUT2D eigenvalue weighted by atomic mass is 10.0. The Labute approximate surface area is 126 Å². The van der Waals surface area contributed by atoms with Crippen molar-refractivity contribution in [1.29, 1.82) is 0 Å². The van der Waals surface area contributed by atoms with Crippen molar-refractivity contribution in [3.05, 3.63) is 30.1 Å². The third-order valence-corrected chi connectivity index (χ3v) is 4.32. The SMILES string of the molecule is CC(CCCl)CCN1CCN(c2ccccc2F)CC1. The second kappa shape index (κ2) is 7.84. The molecule has 20 heavy (non-hydrogen) atoms. The number of alkyl halides is 1. The third-order valence-electron chi connectivity index (χ3n) is 4.11. The predicted molar refractivity (Wildman–Crippen MR) is 84.2 cm³/mol. The van der Waals surface area contributed by atoms with Crippen molar-refractivity contribution in [3.8, 4) is 0 Å². The molecule has 2 nitrogen and oxygen atoms in total. The molecule has 0 saturated carbocycles. The molecule has 0 bridgehead atoms. The molecule has 0 aliphatic carbocycles. The predicted octanol–water partition coefficient (Wildman–Crippen LogP) is 3.60. The van der Waals surface area contributed by atoms with Crippen molar-refractivity contribution >= 4 is 17.3 Å². The Hall–Kier alpha value is -0.800. The fourth-order valence-electron chi connectivity index (χ4n) is 2.65. The molecule has 112 valence electrons. The fraction of sp³-hybridized carbons (Fsp3) is 0.625. The number of hydrogen-bond acceptors (Lipinski definition) is 2. The Bertz CT molecular complexity index is 405. The molecule has 0 N–H and O–H groups in total. The second-order valence-corrected chi connectivity index (χ2v) is 6.03. The topological polar surface area (TPSA) is 6.48 Å². The first-order valence-electron chi connectivity index (χ1n) is 7.48. The number of halogens is 2. The normalized spacial score (nSPS) is 18.2. The van der Waals surface area contributed by atoms with Crippen LogP contribution >= 0.6 is 11.6 Å². The van der Waals surface area contributed by atoms with Gasteiger partial charge < -0.3 is 4.90 Å². The molecule has 4 heteroatoms. The second-order valence-electron chi connectivity index (χ2n) is 5.65. The zero-order chi connectivity index (χ0) is 14.4. The van der Waals surface area contributed by atoms with E-state index in [0.717, 1.165) is 50.7 Å². The van der Waals surface area contributed by atoms with E-state index in [0.29, 0.717) is 5.92 Å². The summed E-state index contributed by atoms with van der Waals surface area (Å²) in [6, 6.07) is 7.05. The zero-order valence-corrected chi connectivity index (χ0v) is 12.9. The highest BCUT2D eigenvalue weighted by molar-refractivity contribution is 6.17. The molecule has 0 spiro atoms. The summed E-state index contributed by atoms with van der Waals surface area (Å²) in [4.78, 5) is 4.62. The number of para-hydroxylation sites is 1. The summed E-state index contributed by atoms with van der Waals surface area (Å²) >= 11 is 5.76. The molecule has 0 aromatic heterocycles. The number of piperazine rings is 1. The summed E-state index contributed by atoms with van der Waals surface area (Å²) in [6.45, 7) is 7.24. The van der Waals surface area contributed by atoms with E-state index in [1.165, 1.54) is 12.5 Å². The largest absolute Gasteiger partial charge is 0.367 e. The van der Waals surface area contributed by atoms with Crippen molar-refractivity contribution < 1.29 is 4.39 Å². The van der Waals surface area contributed by atoms with Crippen LogP contribution in [0.3, 0.4) is 0 Å². The van der Waals surface area contributed by atoms with E-state index >= 15 is 0 Å². The average molecular weight is 299 g/mol. The summed E-state index contributed by atoms with van der Waals surface area (Å²) in [5.41, 5.74) is 0.739. The minimum absolute atomic E-state index is 0.114. The van der Waals surface area contributed by atoms with Crippen LogP contribution < -0.4 is 4.90 Å². The van der Waals surface area contributed by atoms with Crippen molar-refractivity contribution in [2.45, 2.75) is 19.8 Å². The molecule has 1 unspecified atom stereocenters. The fourth-order valence-corrected chi connectivity index (χ4v) is 3.03. The summed E-state index contributed by atoms with van der Waals surface area (Å²) in [5, 5.41) is 0. The summed E-state index contributed by atoms with van der Waals surface area (Å²) in [6.07, 6.45) is 2.29. The van der Waals surface area contributed by atoms with Gasteiger partial charge in [-0.15, -0.1) is 11.6 Å². The summed E-state index contributed by atoms with van der Waals surface area (Å²) in [7, 11) is 0. The first-order valence-corrected chi connectivity index (χ1v) is 8.02. The van der Waals surface area contributed by atoms with Crippen LogP contribution in [-0.4, -0.2) is 43.5 Å². The van der Waals surface area contributed by atoms with Gasteiger partial charge in [-0.2, -0.15) is 0 Å². The van der Waals surface area contributed by atoms with Crippen molar-refractivity contribution in [3.63, 3.8) is 0 Å². The van der Waals surface area contributed by atoms with E-state index in [4.69, 9.17) is 11.6 Å². The van der Waals surface area contributed by atoms with Crippen molar-refractivity contribution in [1.82, 2.24) is 4.90 Å². The quantitative estimate of drug-likeness (QED) is 0.740.